The molecule has 5 atom stereocenters. The van der Waals surface area contributed by atoms with Gasteiger partial charge in [0.2, 0.25) is 0 Å². The predicted octanol–water partition coefficient (Wildman–Crippen LogP) is 5.72. The zero-order valence-corrected chi connectivity index (χ0v) is 25.8. The number of hydrogen-bond acceptors (Lipinski definition) is 9. The minimum absolute atomic E-state index is 0.00802. The second-order valence-electron chi connectivity index (χ2n) is 10.8. The molecule has 0 radical (unpaired) electrons. The van der Waals surface area contributed by atoms with Crippen LogP contribution in [0.4, 0.5) is 0 Å². The molecule has 39 heavy (non-hydrogen) atoms. The third kappa shape index (κ3) is 16.1. The average Bonchev–Trinajstić information content (AvgIpc) is 3.13. The summed E-state index contributed by atoms with van der Waals surface area (Å²) in [4.78, 5) is 49.6. The van der Waals surface area contributed by atoms with Gasteiger partial charge in [0, 0.05) is 57.7 Å². The third-order valence-corrected chi connectivity index (χ3v) is 7.84. The van der Waals surface area contributed by atoms with Crippen molar-refractivity contribution in [3.63, 3.8) is 0 Å². The fraction of sp³-hybridized carbons (Fsp3) is 0.800. The van der Waals surface area contributed by atoms with Crippen molar-refractivity contribution >= 4 is 34.8 Å². The number of carbonyl (C=O) groups is 4. The molecule has 0 aromatic carbocycles. The molecule has 3 unspecified atom stereocenters. The molecule has 0 saturated heterocycles. The first kappa shape index (κ1) is 35.2. The summed E-state index contributed by atoms with van der Waals surface area (Å²) in [5.74, 6) is -0.371. The summed E-state index contributed by atoms with van der Waals surface area (Å²) in [6.45, 7) is 7.22. The summed E-state index contributed by atoms with van der Waals surface area (Å²) in [6.07, 6.45) is 12.2. The first-order chi connectivity index (χ1) is 18.5. The highest BCUT2D eigenvalue weighted by Gasteiger charge is 2.45. The highest BCUT2D eigenvalue weighted by molar-refractivity contribution is 8.13. The molecule has 0 spiro atoms. The minimum Gasteiger partial charge on any atom is -0.462 e. The molecule has 0 heterocycles. The van der Waals surface area contributed by atoms with Crippen LogP contribution < -0.4 is 0 Å². The molecular weight excluding hydrogens is 518 g/mol. The van der Waals surface area contributed by atoms with E-state index in [1.54, 1.807) is 0 Å². The Bertz CT molecular complexity index is 785. The Hall–Kier alpha value is -1.87. The number of thioether (sulfide) groups is 1. The van der Waals surface area contributed by atoms with Gasteiger partial charge in [-0.05, 0) is 45.9 Å². The molecule has 0 bridgehead atoms. The lowest BCUT2D eigenvalue weighted by Crippen LogP contribution is -2.26. The van der Waals surface area contributed by atoms with Crippen LogP contribution in [0.2, 0.25) is 0 Å². The Morgan fingerprint density at radius 2 is 1.56 bits per heavy atom. The molecule has 0 aromatic rings. The SMILES string of the molecule is CCCCCC(C=C[C@H]1C(OC(C)=O)CC(OC(C)=O)[C@@H]1CCCCCCC(=O)SCCN(C)C)OC(C)=O. The van der Waals surface area contributed by atoms with Crippen LogP contribution in [0.5, 0.6) is 0 Å². The van der Waals surface area contributed by atoms with E-state index < -0.39 is 6.10 Å². The normalized spacial score (nSPS) is 21.7. The van der Waals surface area contributed by atoms with Crippen molar-refractivity contribution in [2.45, 2.75) is 117 Å². The molecule has 1 aliphatic rings. The van der Waals surface area contributed by atoms with E-state index >= 15 is 0 Å². The highest BCUT2D eigenvalue weighted by atomic mass is 32.2. The number of hydrogen-bond donors (Lipinski definition) is 0. The average molecular weight is 570 g/mol. The standard InChI is InChI=1S/C30H51NO7S/c1-7-8-11-14-25(36-22(2)32)17-18-27-26(28(37-23(3)33)21-29(27)38-24(4)34)15-12-9-10-13-16-30(35)39-20-19-31(5)6/h17-18,25-29H,7-16,19-21H2,1-6H3/t25?,26-,27-,28?,29?/m1/s1. The van der Waals surface area contributed by atoms with Crippen LogP contribution in [0.25, 0.3) is 0 Å². The van der Waals surface area contributed by atoms with Crippen LogP contribution in [0.1, 0.15) is 98.3 Å². The van der Waals surface area contributed by atoms with Crippen molar-refractivity contribution in [3.8, 4) is 0 Å². The van der Waals surface area contributed by atoms with Crippen LogP contribution in [0.15, 0.2) is 12.2 Å². The van der Waals surface area contributed by atoms with Crippen molar-refractivity contribution in [3.05, 3.63) is 12.2 Å². The Labute approximate surface area is 239 Å². The zero-order valence-electron chi connectivity index (χ0n) is 24.9. The summed E-state index contributed by atoms with van der Waals surface area (Å²) in [7, 11) is 4.00. The van der Waals surface area contributed by atoms with Gasteiger partial charge in [-0.3, -0.25) is 19.2 Å². The van der Waals surface area contributed by atoms with Crippen LogP contribution in [-0.2, 0) is 33.4 Å². The van der Waals surface area contributed by atoms with Crippen LogP contribution in [0, 0.1) is 11.8 Å². The van der Waals surface area contributed by atoms with Gasteiger partial charge in [0.1, 0.15) is 18.3 Å². The van der Waals surface area contributed by atoms with Crippen molar-refractivity contribution in [1.82, 2.24) is 4.90 Å². The Kier molecular flexibility index (Phi) is 18.1. The molecule has 0 aromatic heterocycles. The maximum Gasteiger partial charge on any atom is 0.303 e. The number of ether oxygens (including phenoxy) is 3. The molecule has 9 heteroatoms. The van der Waals surface area contributed by atoms with Gasteiger partial charge >= 0.3 is 17.9 Å². The molecule has 8 nitrogen and oxygen atoms in total. The number of unbranched alkanes of at least 4 members (excludes halogenated alkanes) is 5. The number of esters is 3. The fourth-order valence-corrected chi connectivity index (χ4v) is 6.06. The Morgan fingerprint density at radius 1 is 0.897 bits per heavy atom. The monoisotopic (exact) mass is 569 g/mol. The molecular formula is C30H51NO7S. The van der Waals surface area contributed by atoms with Gasteiger partial charge in [0.15, 0.2) is 5.12 Å². The lowest BCUT2D eigenvalue weighted by molar-refractivity contribution is -0.149. The van der Waals surface area contributed by atoms with Crippen molar-refractivity contribution in [1.29, 1.82) is 0 Å². The van der Waals surface area contributed by atoms with E-state index in [0.29, 0.717) is 12.8 Å². The van der Waals surface area contributed by atoms with Gasteiger partial charge in [0.05, 0.1) is 0 Å². The topological polar surface area (TPSA) is 99.2 Å². The van der Waals surface area contributed by atoms with Crippen molar-refractivity contribution < 1.29 is 33.4 Å². The maximum atomic E-state index is 12.1. The Balaban J connectivity index is 2.81. The zero-order chi connectivity index (χ0) is 29.2. The highest BCUT2D eigenvalue weighted by Crippen LogP contribution is 2.41. The van der Waals surface area contributed by atoms with E-state index in [-0.39, 0.29) is 47.1 Å². The van der Waals surface area contributed by atoms with Crippen molar-refractivity contribution in [2.75, 3.05) is 26.4 Å². The molecule has 1 rings (SSSR count). The van der Waals surface area contributed by atoms with Gasteiger partial charge in [-0.25, -0.2) is 0 Å². The summed E-state index contributed by atoms with van der Waals surface area (Å²) < 4.78 is 16.9. The predicted molar refractivity (Wildman–Crippen MR) is 155 cm³/mol. The molecule has 0 N–H and O–H groups in total. The molecule has 0 aliphatic heterocycles. The molecule has 1 aliphatic carbocycles. The largest absolute Gasteiger partial charge is 0.462 e. The van der Waals surface area contributed by atoms with E-state index in [1.807, 2.05) is 26.2 Å². The second kappa shape index (κ2) is 20.1. The van der Waals surface area contributed by atoms with Crippen LogP contribution >= 0.6 is 11.8 Å². The minimum atomic E-state index is -0.404. The second-order valence-corrected chi connectivity index (χ2v) is 11.9. The number of nitrogens with zero attached hydrogens (tertiary/aromatic N) is 1. The van der Waals surface area contributed by atoms with Crippen LogP contribution in [0.3, 0.4) is 0 Å². The smallest absolute Gasteiger partial charge is 0.303 e. The lowest BCUT2D eigenvalue weighted by Gasteiger charge is -2.24. The Morgan fingerprint density at radius 3 is 2.18 bits per heavy atom. The molecule has 224 valence electrons. The van der Waals surface area contributed by atoms with Gasteiger partial charge in [0.25, 0.3) is 0 Å². The summed E-state index contributed by atoms with van der Waals surface area (Å²) >= 11 is 1.41. The summed E-state index contributed by atoms with van der Waals surface area (Å²) in [5, 5.41) is 0.248. The molecule has 1 saturated carbocycles. The first-order valence-corrected chi connectivity index (χ1v) is 15.5. The molecule has 0 amide bonds. The maximum absolute atomic E-state index is 12.1. The molecule has 1 fully saturated rings. The number of carbonyl (C=O) groups excluding carboxylic acids is 4. The third-order valence-electron chi connectivity index (χ3n) is 6.93. The summed E-state index contributed by atoms with van der Waals surface area (Å²) in [5.41, 5.74) is 0. The van der Waals surface area contributed by atoms with E-state index in [1.165, 1.54) is 32.5 Å². The summed E-state index contributed by atoms with van der Waals surface area (Å²) in [6, 6.07) is 0. The number of rotatable bonds is 19. The van der Waals surface area contributed by atoms with Gasteiger partial charge < -0.3 is 19.1 Å². The van der Waals surface area contributed by atoms with Crippen LogP contribution in [-0.4, -0.2) is 72.6 Å². The van der Waals surface area contributed by atoms with E-state index in [2.05, 4.69) is 11.8 Å². The van der Waals surface area contributed by atoms with Gasteiger partial charge in [-0.1, -0.05) is 56.9 Å². The van der Waals surface area contributed by atoms with E-state index in [4.69, 9.17) is 14.2 Å². The quantitative estimate of drug-likeness (QED) is 0.0837. The van der Waals surface area contributed by atoms with Gasteiger partial charge in [-0.15, -0.1) is 0 Å². The van der Waals surface area contributed by atoms with Crippen molar-refractivity contribution in [2.24, 2.45) is 11.8 Å². The van der Waals surface area contributed by atoms with E-state index in [0.717, 1.165) is 70.1 Å². The first-order valence-electron chi connectivity index (χ1n) is 14.5. The van der Waals surface area contributed by atoms with E-state index in [9.17, 15) is 19.2 Å². The fourth-order valence-electron chi connectivity index (χ4n) is 5.09. The lowest BCUT2D eigenvalue weighted by atomic mass is 9.87. The van der Waals surface area contributed by atoms with Gasteiger partial charge in [-0.2, -0.15) is 0 Å².